The van der Waals surface area contributed by atoms with Crippen molar-refractivity contribution in [3.05, 3.63) is 0 Å². The molecule has 4 aliphatic rings. The fraction of sp³-hybridized carbons (Fsp3) is 0.840. The molecule has 0 aromatic rings. The first-order valence-electron chi connectivity index (χ1n) is 12.1. The molecule has 0 aromatic carbocycles. The van der Waals surface area contributed by atoms with Crippen LogP contribution in [0.2, 0.25) is 0 Å². The smallest absolute Gasteiger partial charge is 0.345 e. The lowest BCUT2D eigenvalue weighted by Gasteiger charge is -2.60. The standard InChI is InChI=1S/C25H36O7/c1-13(26)31-16-9-10-24(3)15(11-16)5-6-17-18-7-8-19(22(23(29)30)32-14(2)27)25(18,4)12-20(28)21(17)24/h15-19,21-22H,5-12H2,1-4H3,(H,29,30). The van der Waals surface area contributed by atoms with Gasteiger partial charge < -0.3 is 14.6 Å². The van der Waals surface area contributed by atoms with E-state index in [4.69, 9.17) is 9.47 Å². The summed E-state index contributed by atoms with van der Waals surface area (Å²) in [4.78, 5) is 48.7. The Bertz CT molecular complexity index is 821. The van der Waals surface area contributed by atoms with E-state index in [0.29, 0.717) is 18.8 Å². The van der Waals surface area contributed by atoms with E-state index >= 15 is 0 Å². The Balaban J connectivity index is 1.59. The van der Waals surface area contributed by atoms with Crippen LogP contribution in [0.1, 0.15) is 79.1 Å². The Hall–Kier alpha value is -1.92. The Labute approximate surface area is 189 Å². The van der Waals surface area contributed by atoms with Crippen molar-refractivity contribution in [2.75, 3.05) is 0 Å². The van der Waals surface area contributed by atoms with E-state index in [0.717, 1.165) is 38.5 Å². The molecule has 9 unspecified atom stereocenters. The highest BCUT2D eigenvalue weighted by Gasteiger charge is 2.65. The van der Waals surface area contributed by atoms with Crippen molar-refractivity contribution in [2.45, 2.75) is 91.3 Å². The van der Waals surface area contributed by atoms with Crippen LogP contribution in [0, 0.1) is 40.4 Å². The normalized spacial score (nSPS) is 43.9. The summed E-state index contributed by atoms with van der Waals surface area (Å²) in [7, 11) is 0. The fourth-order valence-corrected chi connectivity index (χ4v) is 8.39. The van der Waals surface area contributed by atoms with Gasteiger partial charge in [-0.05, 0) is 73.5 Å². The van der Waals surface area contributed by atoms with Gasteiger partial charge in [-0.3, -0.25) is 14.4 Å². The van der Waals surface area contributed by atoms with Gasteiger partial charge in [-0.15, -0.1) is 0 Å². The van der Waals surface area contributed by atoms with Crippen molar-refractivity contribution in [1.29, 1.82) is 0 Å². The number of carboxylic acid groups (broad SMARTS) is 1. The number of Topliss-reactive ketones (excluding diaryl/α,β-unsaturated/α-hetero) is 1. The molecule has 0 bridgehead atoms. The monoisotopic (exact) mass is 448 g/mol. The molecule has 0 spiro atoms. The first-order valence-corrected chi connectivity index (χ1v) is 12.1. The van der Waals surface area contributed by atoms with E-state index in [2.05, 4.69) is 13.8 Å². The fourth-order valence-electron chi connectivity index (χ4n) is 8.39. The summed E-state index contributed by atoms with van der Waals surface area (Å²) in [5, 5.41) is 9.77. The summed E-state index contributed by atoms with van der Waals surface area (Å²) < 4.78 is 10.7. The average molecular weight is 449 g/mol. The van der Waals surface area contributed by atoms with Gasteiger partial charge in [0.05, 0.1) is 0 Å². The molecule has 4 rings (SSSR count). The molecule has 0 saturated heterocycles. The van der Waals surface area contributed by atoms with Crippen molar-refractivity contribution in [3.63, 3.8) is 0 Å². The summed E-state index contributed by atoms with van der Waals surface area (Å²) in [6.07, 6.45) is 5.08. The van der Waals surface area contributed by atoms with Crippen molar-refractivity contribution < 1.29 is 33.8 Å². The Morgan fingerprint density at radius 3 is 2.34 bits per heavy atom. The van der Waals surface area contributed by atoms with Crippen LogP contribution in [0.3, 0.4) is 0 Å². The molecule has 178 valence electrons. The summed E-state index contributed by atoms with van der Waals surface area (Å²) >= 11 is 0. The molecule has 7 heteroatoms. The molecule has 0 aliphatic heterocycles. The zero-order valence-corrected chi connectivity index (χ0v) is 19.6. The summed E-state index contributed by atoms with van der Waals surface area (Å²) in [5.41, 5.74) is -0.562. The minimum Gasteiger partial charge on any atom is -0.478 e. The topological polar surface area (TPSA) is 107 Å². The Kier molecular flexibility index (Phi) is 5.91. The number of hydrogen-bond donors (Lipinski definition) is 1. The lowest BCUT2D eigenvalue weighted by atomic mass is 9.44. The van der Waals surface area contributed by atoms with E-state index in [9.17, 15) is 24.3 Å². The van der Waals surface area contributed by atoms with Gasteiger partial charge >= 0.3 is 17.9 Å². The zero-order chi connectivity index (χ0) is 23.4. The molecule has 0 amide bonds. The van der Waals surface area contributed by atoms with E-state index < -0.39 is 23.5 Å². The Morgan fingerprint density at radius 2 is 1.72 bits per heavy atom. The third-order valence-corrected chi connectivity index (χ3v) is 9.61. The second-order valence-electron chi connectivity index (χ2n) is 11.2. The van der Waals surface area contributed by atoms with Gasteiger partial charge in [0.15, 0.2) is 0 Å². The molecular weight excluding hydrogens is 412 g/mol. The van der Waals surface area contributed by atoms with Gasteiger partial charge in [0.1, 0.15) is 11.9 Å². The van der Waals surface area contributed by atoms with Crippen molar-refractivity contribution in [3.8, 4) is 0 Å². The lowest BCUT2D eigenvalue weighted by Crippen LogP contribution is -2.58. The van der Waals surface area contributed by atoms with Crippen molar-refractivity contribution >= 4 is 23.7 Å². The number of rotatable bonds is 4. The maximum Gasteiger partial charge on any atom is 0.345 e. The third kappa shape index (κ3) is 3.65. The number of carbonyl (C=O) groups is 4. The first kappa shape index (κ1) is 23.2. The quantitative estimate of drug-likeness (QED) is 0.652. The number of ether oxygens (including phenoxy) is 2. The molecule has 0 radical (unpaired) electrons. The van der Waals surface area contributed by atoms with Gasteiger partial charge in [-0.2, -0.15) is 0 Å². The molecule has 7 nitrogen and oxygen atoms in total. The minimum atomic E-state index is -1.20. The first-order chi connectivity index (χ1) is 15.0. The van der Waals surface area contributed by atoms with Gasteiger partial charge in [-0.25, -0.2) is 4.79 Å². The zero-order valence-electron chi connectivity index (χ0n) is 19.6. The van der Waals surface area contributed by atoms with Crippen LogP contribution in [0.4, 0.5) is 0 Å². The maximum absolute atomic E-state index is 13.7. The number of esters is 2. The average Bonchev–Trinajstić information content (AvgIpc) is 3.01. The van der Waals surface area contributed by atoms with Gasteiger partial charge in [0.25, 0.3) is 0 Å². The summed E-state index contributed by atoms with van der Waals surface area (Å²) in [6.45, 7) is 6.99. The summed E-state index contributed by atoms with van der Waals surface area (Å²) in [5.74, 6) is -1.22. The predicted molar refractivity (Wildman–Crippen MR) is 114 cm³/mol. The second kappa shape index (κ2) is 8.14. The highest BCUT2D eigenvalue weighted by molar-refractivity contribution is 5.85. The van der Waals surface area contributed by atoms with Crippen LogP contribution in [0.15, 0.2) is 0 Å². The van der Waals surface area contributed by atoms with Gasteiger partial charge in [0.2, 0.25) is 6.10 Å². The lowest BCUT2D eigenvalue weighted by molar-refractivity contribution is -0.179. The van der Waals surface area contributed by atoms with Crippen LogP contribution in [0.5, 0.6) is 0 Å². The number of carboxylic acids is 1. The molecule has 0 heterocycles. The van der Waals surface area contributed by atoms with Crippen LogP contribution in [-0.2, 0) is 28.7 Å². The molecular formula is C25H36O7. The molecule has 4 fully saturated rings. The second-order valence-corrected chi connectivity index (χ2v) is 11.2. The maximum atomic E-state index is 13.7. The highest BCUT2D eigenvalue weighted by Crippen LogP contribution is 2.67. The number of fused-ring (bicyclic) bond motifs is 5. The highest BCUT2D eigenvalue weighted by atomic mass is 16.6. The van der Waals surface area contributed by atoms with Crippen LogP contribution in [-0.4, -0.2) is 41.0 Å². The predicted octanol–water partition coefficient (Wildman–Crippen LogP) is 3.77. The summed E-state index contributed by atoms with van der Waals surface area (Å²) in [6, 6.07) is 0. The number of hydrogen-bond acceptors (Lipinski definition) is 6. The van der Waals surface area contributed by atoms with E-state index in [1.54, 1.807) is 0 Å². The molecule has 0 aromatic heterocycles. The molecule has 4 aliphatic carbocycles. The van der Waals surface area contributed by atoms with Crippen LogP contribution >= 0.6 is 0 Å². The Morgan fingerprint density at radius 1 is 1.00 bits per heavy atom. The number of ketones is 1. The van der Waals surface area contributed by atoms with Crippen LogP contribution in [0.25, 0.3) is 0 Å². The number of carbonyl (C=O) groups excluding carboxylic acids is 3. The molecule has 32 heavy (non-hydrogen) atoms. The van der Waals surface area contributed by atoms with E-state index in [1.807, 2.05) is 0 Å². The van der Waals surface area contributed by atoms with Crippen molar-refractivity contribution in [2.24, 2.45) is 40.4 Å². The molecule has 4 saturated carbocycles. The van der Waals surface area contributed by atoms with E-state index in [1.165, 1.54) is 13.8 Å². The van der Waals surface area contributed by atoms with Gasteiger partial charge in [-0.1, -0.05) is 13.8 Å². The van der Waals surface area contributed by atoms with Crippen LogP contribution < -0.4 is 0 Å². The SMILES string of the molecule is CC(=O)OC1CCC2(C)C(CCC3C4CCC(C(OC(C)=O)C(=O)O)C4(C)CC(=O)C32)C1. The third-order valence-electron chi connectivity index (χ3n) is 9.61. The largest absolute Gasteiger partial charge is 0.478 e. The molecule has 9 atom stereocenters. The van der Waals surface area contributed by atoms with Gasteiger partial charge in [0, 0.05) is 32.1 Å². The minimum absolute atomic E-state index is 0.0200. The van der Waals surface area contributed by atoms with Crippen molar-refractivity contribution in [1.82, 2.24) is 0 Å². The van der Waals surface area contributed by atoms with E-state index in [-0.39, 0.29) is 46.9 Å². The number of aliphatic carboxylic acids is 1. The molecule has 1 N–H and O–H groups in total.